The highest BCUT2D eigenvalue weighted by Gasteiger charge is 2.29. The second-order valence-corrected chi connectivity index (χ2v) is 6.81. The Morgan fingerprint density at radius 2 is 1.65 bits per heavy atom. The number of ether oxygens (including phenoxy) is 1. The summed E-state index contributed by atoms with van der Waals surface area (Å²) in [5.74, 6) is -2.12. The van der Waals surface area contributed by atoms with E-state index < -0.39 is 18.0 Å². The van der Waals surface area contributed by atoms with Gasteiger partial charge in [0.2, 0.25) is 11.5 Å². The number of anilines is 1. The number of hydrogen-bond donors (Lipinski definition) is 3. The Kier molecular flexibility index (Phi) is 5.61. The molecule has 0 saturated carbocycles. The first-order chi connectivity index (χ1) is 15.0. The Hall–Kier alpha value is -4.21. The maximum atomic E-state index is 12.3. The molecule has 1 aliphatic rings. The van der Waals surface area contributed by atoms with Gasteiger partial charge in [-0.3, -0.25) is 14.9 Å². The molecule has 0 saturated heterocycles. The molecule has 0 unspecified atom stereocenters. The van der Waals surface area contributed by atoms with Gasteiger partial charge >= 0.3 is 12.1 Å². The number of fused-ring (bicyclic) bond motifs is 3. The second kappa shape index (κ2) is 8.66. The van der Waals surface area contributed by atoms with Crippen molar-refractivity contribution >= 4 is 23.8 Å². The van der Waals surface area contributed by atoms with E-state index in [4.69, 9.17) is 9.84 Å². The minimum Gasteiger partial charge on any atom is -0.481 e. The van der Waals surface area contributed by atoms with Gasteiger partial charge in [-0.25, -0.2) is 9.42 Å². The largest absolute Gasteiger partial charge is 0.481 e. The monoisotopic (exact) mass is 422 g/mol. The van der Waals surface area contributed by atoms with E-state index in [-0.39, 0.29) is 37.0 Å². The van der Waals surface area contributed by atoms with Crippen LogP contribution in [0.15, 0.2) is 53.2 Å². The van der Waals surface area contributed by atoms with Crippen LogP contribution in [-0.2, 0) is 9.53 Å². The fourth-order valence-corrected chi connectivity index (χ4v) is 3.52. The number of carboxylic acid groups (broad SMARTS) is 1. The first-order valence-electron chi connectivity index (χ1n) is 9.49. The molecule has 1 aliphatic carbocycles. The highest BCUT2D eigenvalue weighted by molar-refractivity contribution is 5.99. The minimum atomic E-state index is -1.06. The lowest BCUT2D eigenvalue weighted by molar-refractivity contribution is -0.136. The molecule has 158 valence electrons. The van der Waals surface area contributed by atoms with E-state index in [1.807, 2.05) is 48.5 Å². The molecular formula is C21H18N4O6. The lowest BCUT2D eigenvalue weighted by atomic mass is 9.98. The molecule has 0 atom stereocenters. The van der Waals surface area contributed by atoms with Crippen molar-refractivity contribution in [3.05, 3.63) is 65.4 Å². The Bertz CT molecular complexity index is 1100. The summed E-state index contributed by atoms with van der Waals surface area (Å²) >= 11 is 0. The normalized spacial score (nSPS) is 12.0. The number of hydrogen-bond acceptors (Lipinski definition) is 7. The number of rotatable bonds is 7. The Balaban J connectivity index is 1.39. The van der Waals surface area contributed by atoms with Gasteiger partial charge < -0.3 is 15.2 Å². The number of carboxylic acids is 1. The zero-order chi connectivity index (χ0) is 21.8. The molecule has 31 heavy (non-hydrogen) atoms. The number of benzene rings is 2. The maximum absolute atomic E-state index is 12.3. The molecule has 10 nitrogen and oxygen atoms in total. The van der Waals surface area contributed by atoms with Crippen LogP contribution >= 0.6 is 0 Å². The molecule has 1 heterocycles. The van der Waals surface area contributed by atoms with Crippen molar-refractivity contribution in [3.8, 4) is 11.1 Å². The number of aliphatic carboxylic acids is 1. The van der Waals surface area contributed by atoms with E-state index in [0.29, 0.717) is 0 Å². The molecule has 4 rings (SSSR count). The molecule has 2 amide bonds. The van der Waals surface area contributed by atoms with Crippen molar-refractivity contribution in [2.24, 2.45) is 0 Å². The van der Waals surface area contributed by atoms with E-state index in [9.17, 15) is 14.4 Å². The minimum absolute atomic E-state index is 0.0886. The molecule has 10 heteroatoms. The second-order valence-electron chi connectivity index (χ2n) is 6.81. The van der Waals surface area contributed by atoms with Gasteiger partial charge in [0.05, 0.1) is 6.42 Å². The zero-order valence-electron chi connectivity index (χ0n) is 16.2. The first kappa shape index (κ1) is 20.1. The van der Waals surface area contributed by atoms with Gasteiger partial charge in [-0.2, -0.15) is 0 Å². The van der Waals surface area contributed by atoms with E-state index in [0.717, 1.165) is 22.3 Å². The summed E-state index contributed by atoms with van der Waals surface area (Å²) in [6.07, 6.45) is -1.08. The van der Waals surface area contributed by atoms with Crippen LogP contribution in [0.2, 0.25) is 0 Å². The van der Waals surface area contributed by atoms with E-state index in [1.54, 1.807) is 0 Å². The molecule has 3 N–H and O–H groups in total. The predicted molar refractivity (Wildman–Crippen MR) is 108 cm³/mol. The standard InChI is InChI=1S/C21H18N4O6/c26-17(27)9-10-22-20(28)18-19(25-31-24-18)23-21(29)30-11-16-14-7-3-1-5-12(14)13-6-2-4-8-15(13)16/h1-8,16H,9-11H2,(H,22,28)(H,26,27)(H,23,25,29). The van der Waals surface area contributed by atoms with E-state index in [1.165, 1.54) is 0 Å². The first-order valence-corrected chi connectivity index (χ1v) is 9.49. The highest BCUT2D eigenvalue weighted by atomic mass is 16.6. The molecule has 0 radical (unpaired) electrons. The van der Waals surface area contributed by atoms with Crippen molar-refractivity contribution < 1.29 is 28.9 Å². The van der Waals surface area contributed by atoms with Crippen LogP contribution in [0.4, 0.5) is 10.6 Å². The number of carbonyl (C=O) groups is 3. The van der Waals surface area contributed by atoms with Crippen LogP contribution < -0.4 is 10.6 Å². The van der Waals surface area contributed by atoms with Gasteiger partial charge in [0.25, 0.3) is 5.91 Å². The number of nitrogens with zero attached hydrogens (tertiary/aromatic N) is 2. The fraction of sp³-hybridized carbons (Fsp3) is 0.190. The Morgan fingerprint density at radius 1 is 1.00 bits per heavy atom. The smallest absolute Gasteiger partial charge is 0.412 e. The summed E-state index contributed by atoms with van der Waals surface area (Å²) in [4.78, 5) is 34.9. The molecule has 3 aromatic rings. The van der Waals surface area contributed by atoms with Crippen LogP contribution in [0.25, 0.3) is 11.1 Å². The molecule has 0 bridgehead atoms. The fourth-order valence-electron chi connectivity index (χ4n) is 3.52. The third-order valence-electron chi connectivity index (χ3n) is 4.89. The van der Waals surface area contributed by atoms with Crippen molar-refractivity contribution in [2.75, 3.05) is 18.5 Å². The molecule has 0 fully saturated rings. The number of amides is 2. The average molecular weight is 422 g/mol. The molecule has 0 spiro atoms. The zero-order valence-corrected chi connectivity index (χ0v) is 16.2. The quantitative estimate of drug-likeness (QED) is 0.527. The van der Waals surface area contributed by atoms with Crippen molar-refractivity contribution in [1.82, 2.24) is 15.6 Å². The van der Waals surface area contributed by atoms with Crippen LogP contribution in [0, 0.1) is 0 Å². The van der Waals surface area contributed by atoms with Gasteiger partial charge in [-0.15, -0.1) is 0 Å². The summed E-state index contributed by atoms with van der Waals surface area (Å²) < 4.78 is 9.91. The number of aromatic nitrogens is 2. The van der Waals surface area contributed by atoms with Gasteiger partial charge in [0, 0.05) is 12.5 Å². The molecule has 0 aliphatic heterocycles. The number of nitrogens with one attached hydrogen (secondary N) is 2. The highest BCUT2D eigenvalue weighted by Crippen LogP contribution is 2.44. The van der Waals surface area contributed by atoms with Crippen molar-refractivity contribution in [3.63, 3.8) is 0 Å². The molecule has 2 aromatic carbocycles. The van der Waals surface area contributed by atoms with Gasteiger partial charge in [-0.05, 0) is 32.6 Å². The summed E-state index contributed by atoms with van der Waals surface area (Å²) in [5, 5.41) is 20.3. The van der Waals surface area contributed by atoms with Gasteiger partial charge in [0.15, 0.2) is 0 Å². The average Bonchev–Trinajstić information content (AvgIpc) is 3.34. The number of carbonyl (C=O) groups excluding carboxylic acids is 2. The third-order valence-corrected chi connectivity index (χ3v) is 4.89. The summed E-state index contributed by atoms with van der Waals surface area (Å²) in [7, 11) is 0. The Labute approximate surface area is 176 Å². The van der Waals surface area contributed by atoms with Crippen molar-refractivity contribution in [1.29, 1.82) is 0 Å². The van der Waals surface area contributed by atoms with E-state index in [2.05, 4.69) is 25.6 Å². The summed E-state index contributed by atoms with van der Waals surface area (Å²) in [6.45, 7) is -0.0172. The molecule has 1 aromatic heterocycles. The maximum Gasteiger partial charge on any atom is 0.412 e. The van der Waals surface area contributed by atoms with Crippen molar-refractivity contribution in [2.45, 2.75) is 12.3 Å². The predicted octanol–water partition coefficient (Wildman–Crippen LogP) is 2.64. The third kappa shape index (κ3) is 4.22. The lowest BCUT2D eigenvalue weighted by Gasteiger charge is -2.14. The molecular weight excluding hydrogens is 404 g/mol. The van der Waals surface area contributed by atoms with Gasteiger partial charge in [0.1, 0.15) is 6.61 Å². The SMILES string of the molecule is O=C(O)CCNC(=O)c1nonc1NC(=O)OCC1c2ccccc2-c2ccccc21. The van der Waals surface area contributed by atoms with Crippen LogP contribution in [-0.4, -0.2) is 46.5 Å². The van der Waals surface area contributed by atoms with Crippen LogP contribution in [0.5, 0.6) is 0 Å². The topological polar surface area (TPSA) is 144 Å². The summed E-state index contributed by atoms with van der Waals surface area (Å²) in [5.41, 5.74) is 4.07. The van der Waals surface area contributed by atoms with E-state index >= 15 is 0 Å². The van der Waals surface area contributed by atoms with Crippen LogP contribution in [0.1, 0.15) is 34.0 Å². The van der Waals surface area contributed by atoms with Gasteiger partial charge in [-0.1, -0.05) is 48.5 Å². The lowest BCUT2D eigenvalue weighted by Crippen LogP contribution is -2.28. The summed E-state index contributed by atoms with van der Waals surface area (Å²) in [6, 6.07) is 15.9. The Morgan fingerprint density at radius 3 is 2.29 bits per heavy atom. The van der Waals surface area contributed by atoms with Crippen LogP contribution in [0.3, 0.4) is 0 Å².